The lowest BCUT2D eigenvalue weighted by atomic mass is 10.1. The highest BCUT2D eigenvalue weighted by Gasteiger charge is 1.79. The first kappa shape index (κ1) is 8.32. The van der Waals surface area contributed by atoms with Gasteiger partial charge in [0.05, 0.1) is 0 Å². The molecule has 0 unspecified atom stereocenters. The summed E-state index contributed by atoms with van der Waals surface area (Å²) in [6, 6.07) is 0. The lowest BCUT2D eigenvalue weighted by molar-refractivity contribution is 1.02. The topological polar surface area (TPSA) is 0 Å². The van der Waals surface area contributed by atoms with Crippen molar-refractivity contribution in [1.29, 1.82) is 0 Å². The third kappa shape index (κ3) is 3.22. The van der Waals surface area contributed by atoms with E-state index in [0.717, 1.165) is 25.7 Å². The summed E-state index contributed by atoms with van der Waals surface area (Å²) in [6.45, 7) is 2.19. The van der Waals surface area contributed by atoms with Crippen molar-refractivity contribution in [2.75, 3.05) is 0 Å². The lowest BCUT2D eigenvalue weighted by Crippen LogP contribution is -1.73. The highest BCUT2D eigenvalue weighted by Crippen LogP contribution is 2.08. The first-order chi connectivity index (χ1) is 5.43. The fraction of sp³-hybridized carbons (Fsp3) is 0.455. The molecule has 0 fully saturated rings. The molecular weight excluding hydrogens is 132 g/mol. The van der Waals surface area contributed by atoms with E-state index < -0.39 is 0 Å². The standard InChI is InChI=1S/C11H15/c1-2-11-9-7-5-3-4-6-8-10-11/h3,5,9-10H,2,4,6-7H2,1H3/q-1/b5-3-,11-9?. The van der Waals surface area contributed by atoms with Crippen molar-refractivity contribution in [2.45, 2.75) is 32.6 Å². The molecule has 0 saturated heterocycles. The van der Waals surface area contributed by atoms with Crippen LogP contribution in [-0.4, -0.2) is 0 Å². The predicted octanol–water partition coefficient (Wildman–Crippen LogP) is 3.42. The zero-order valence-electron chi connectivity index (χ0n) is 7.14. The van der Waals surface area contributed by atoms with Crippen LogP contribution in [0.15, 0.2) is 29.9 Å². The number of hydrogen-bond acceptors (Lipinski definition) is 0. The molecule has 0 amide bonds. The molecule has 0 bridgehead atoms. The minimum Gasteiger partial charge on any atom is -0.275 e. The molecule has 0 saturated carbocycles. The molecule has 0 heterocycles. The van der Waals surface area contributed by atoms with Gasteiger partial charge in [-0.2, -0.15) is 11.6 Å². The molecule has 0 heteroatoms. The molecule has 11 heavy (non-hydrogen) atoms. The first-order valence-corrected chi connectivity index (χ1v) is 4.34. The largest absolute Gasteiger partial charge is 0.275 e. The summed E-state index contributed by atoms with van der Waals surface area (Å²) in [5.74, 6) is 0. The van der Waals surface area contributed by atoms with Gasteiger partial charge in [0.1, 0.15) is 0 Å². The van der Waals surface area contributed by atoms with Gasteiger partial charge in [0.2, 0.25) is 0 Å². The second-order valence-electron chi connectivity index (χ2n) is 2.73. The molecular formula is C11H15-. The van der Waals surface area contributed by atoms with E-state index in [-0.39, 0.29) is 0 Å². The van der Waals surface area contributed by atoms with Crippen LogP contribution in [0.3, 0.4) is 0 Å². The average molecular weight is 147 g/mol. The summed E-state index contributed by atoms with van der Waals surface area (Å²) in [5.41, 5.74) is 1.41. The van der Waals surface area contributed by atoms with Gasteiger partial charge in [-0.1, -0.05) is 25.5 Å². The third-order valence-corrected chi connectivity index (χ3v) is 1.83. The summed E-state index contributed by atoms with van der Waals surface area (Å²) in [4.78, 5) is 0. The van der Waals surface area contributed by atoms with Crippen LogP contribution in [0.2, 0.25) is 0 Å². The minimum atomic E-state index is 1.06. The smallest absolute Gasteiger partial charge is 0.0327 e. The maximum absolute atomic E-state index is 3.28. The van der Waals surface area contributed by atoms with Crippen molar-refractivity contribution in [1.82, 2.24) is 0 Å². The molecule has 0 nitrogen and oxygen atoms in total. The molecule has 1 rings (SSSR count). The zero-order chi connectivity index (χ0) is 7.94. The van der Waals surface area contributed by atoms with Crippen LogP contribution in [0.5, 0.6) is 0 Å². The van der Waals surface area contributed by atoms with Crippen LogP contribution in [-0.2, 0) is 0 Å². The van der Waals surface area contributed by atoms with Gasteiger partial charge in [-0.3, -0.25) is 6.08 Å². The number of hydrogen-bond donors (Lipinski definition) is 0. The molecule has 0 N–H and O–H groups in total. The Morgan fingerprint density at radius 2 is 2.36 bits per heavy atom. The van der Waals surface area contributed by atoms with Gasteiger partial charge in [0.15, 0.2) is 0 Å². The van der Waals surface area contributed by atoms with Gasteiger partial charge in [-0.25, -0.2) is 6.08 Å². The van der Waals surface area contributed by atoms with Gasteiger partial charge in [0, 0.05) is 0 Å². The SMILES string of the molecule is CCC1=CC/C=C\CC[C-]=C1. The van der Waals surface area contributed by atoms with E-state index in [1.54, 1.807) is 0 Å². The van der Waals surface area contributed by atoms with Crippen LogP contribution in [0.25, 0.3) is 0 Å². The molecule has 60 valence electrons. The Kier molecular flexibility index (Phi) is 3.74. The quantitative estimate of drug-likeness (QED) is 0.394. The Labute approximate surface area is 69.3 Å². The molecule has 0 aliphatic heterocycles. The highest BCUT2D eigenvalue weighted by atomic mass is 13.9. The molecule has 0 atom stereocenters. The van der Waals surface area contributed by atoms with E-state index in [1.807, 2.05) is 0 Å². The van der Waals surface area contributed by atoms with Crippen molar-refractivity contribution in [2.24, 2.45) is 0 Å². The van der Waals surface area contributed by atoms with Crippen molar-refractivity contribution < 1.29 is 0 Å². The maximum atomic E-state index is 3.28. The van der Waals surface area contributed by atoms with Gasteiger partial charge >= 0.3 is 0 Å². The van der Waals surface area contributed by atoms with Crippen LogP contribution in [0.4, 0.5) is 0 Å². The molecule has 1 aliphatic carbocycles. The van der Waals surface area contributed by atoms with E-state index in [0.29, 0.717) is 0 Å². The molecule has 0 aromatic heterocycles. The van der Waals surface area contributed by atoms with Crippen molar-refractivity contribution >= 4 is 0 Å². The Balaban J connectivity index is 2.59. The summed E-state index contributed by atoms with van der Waals surface area (Å²) in [5, 5.41) is 0. The Morgan fingerprint density at radius 1 is 1.45 bits per heavy atom. The van der Waals surface area contributed by atoms with Crippen LogP contribution in [0.1, 0.15) is 32.6 Å². The minimum absolute atomic E-state index is 1.06. The predicted molar refractivity (Wildman–Crippen MR) is 49.2 cm³/mol. The fourth-order valence-corrected chi connectivity index (χ4v) is 1.11. The van der Waals surface area contributed by atoms with Gasteiger partial charge in [0.25, 0.3) is 0 Å². The van der Waals surface area contributed by atoms with E-state index in [1.165, 1.54) is 5.57 Å². The molecule has 0 aromatic rings. The highest BCUT2D eigenvalue weighted by molar-refractivity contribution is 5.18. The zero-order valence-corrected chi connectivity index (χ0v) is 7.14. The van der Waals surface area contributed by atoms with E-state index >= 15 is 0 Å². The molecule has 0 spiro atoms. The Hall–Kier alpha value is -0.780. The maximum Gasteiger partial charge on any atom is -0.0327 e. The molecule has 0 radical (unpaired) electrons. The third-order valence-electron chi connectivity index (χ3n) is 1.83. The van der Waals surface area contributed by atoms with Crippen molar-refractivity contribution in [3.63, 3.8) is 0 Å². The van der Waals surface area contributed by atoms with Crippen molar-refractivity contribution in [3.05, 3.63) is 36.0 Å². The molecule has 1 aliphatic rings. The Morgan fingerprint density at radius 3 is 3.18 bits per heavy atom. The normalized spacial score (nSPS) is 21.4. The molecule has 0 aromatic carbocycles. The second kappa shape index (κ2) is 4.95. The average Bonchev–Trinajstić information content (AvgIpc) is 2.16. The van der Waals surface area contributed by atoms with Crippen molar-refractivity contribution in [3.8, 4) is 0 Å². The number of allylic oxidation sites excluding steroid dienone is 6. The van der Waals surface area contributed by atoms with Gasteiger partial charge in [-0.15, -0.1) is 6.42 Å². The van der Waals surface area contributed by atoms with Crippen LogP contribution >= 0.6 is 0 Å². The van der Waals surface area contributed by atoms with Crippen LogP contribution < -0.4 is 0 Å². The van der Waals surface area contributed by atoms with E-state index in [9.17, 15) is 0 Å². The van der Waals surface area contributed by atoms with Gasteiger partial charge in [-0.05, 0) is 12.8 Å². The summed E-state index contributed by atoms with van der Waals surface area (Å²) < 4.78 is 0. The second-order valence-corrected chi connectivity index (χ2v) is 2.73. The summed E-state index contributed by atoms with van der Waals surface area (Å²) in [6.07, 6.45) is 16.6. The number of rotatable bonds is 1. The van der Waals surface area contributed by atoms with E-state index in [2.05, 4.69) is 37.3 Å². The van der Waals surface area contributed by atoms with Crippen LogP contribution in [0, 0.1) is 6.08 Å². The summed E-state index contributed by atoms with van der Waals surface area (Å²) in [7, 11) is 0. The van der Waals surface area contributed by atoms with E-state index in [4.69, 9.17) is 0 Å². The Bertz CT molecular complexity index is 182. The first-order valence-electron chi connectivity index (χ1n) is 4.34. The fourth-order valence-electron chi connectivity index (χ4n) is 1.11. The van der Waals surface area contributed by atoms with Gasteiger partial charge < -0.3 is 0 Å². The lowest BCUT2D eigenvalue weighted by Gasteiger charge is -2.05. The summed E-state index contributed by atoms with van der Waals surface area (Å²) >= 11 is 0. The monoisotopic (exact) mass is 147 g/mol.